The Morgan fingerprint density at radius 3 is 2.95 bits per heavy atom. The van der Waals surface area contributed by atoms with Crippen LogP contribution in [0.1, 0.15) is 48.6 Å². The molecule has 1 aromatic heterocycles. The van der Waals surface area contributed by atoms with E-state index < -0.39 is 0 Å². The van der Waals surface area contributed by atoms with E-state index in [1.165, 1.54) is 5.01 Å². The summed E-state index contributed by atoms with van der Waals surface area (Å²) in [4.78, 5) is 7.03. The summed E-state index contributed by atoms with van der Waals surface area (Å²) in [6.07, 6.45) is 0.460. The van der Waals surface area contributed by atoms with Gasteiger partial charge in [-0.15, -0.1) is 11.3 Å². The van der Waals surface area contributed by atoms with Gasteiger partial charge < -0.3 is 10.0 Å². The van der Waals surface area contributed by atoms with Crippen LogP contribution in [0.4, 0.5) is 5.69 Å². The van der Waals surface area contributed by atoms with Crippen LogP contribution in [0.2, 0.25) is 0 Å². The number of rotatable bonds is 3. The van der Waals surface area contributed by atoms with Gasteiger partial charge in [-0.2, -0.15) is 0 Å². The van der Waals surface area contributed by atoms with Crippen molar-refractivity contribution in [2.75, 3.05) is 11.4 Å². The van der Waals surface area contributed by atoms with Crippen molar-refractivity contribution in [2.24, 2.45) is 0 Å². The highest BCUT2D eigenvalue weighted by molar-refractivity contribution is 7.09. The van der Waals surface area contributed by atoms with Crippen molar-refractivity contribution in [3.63, 3.8) is 0 Å². The molecule has 0 aliphatic carbocycles. The molecule has 0 saturated heterocycles. The van der Waals surface area contributed by atoms with E-state index in [2.05, 4.69) is 30.2 Å². The van der Waals surface area contributed by atoms with Crippen molar-refractivity contribution < 1.29 is 5.11 Å². The van der Waals surface area contributed by atoms with E-state index in [1.54, 1.807) is 11.3 Å². The van der Waals surface area contributed by atoms with E-state index in [4.69, 9.17) is 4.98 Å². The lowest BCUT2D eigenvalue weighted by Gasteiger charge is -2.33. The van der Waals surface area contributed by atoms with Crippen LogP contribution in [0.25, 0.3) is 0 Å². The van der Waals surface area contributed by atoms with Gasteiger partial charge in [0.25, 0.3) is 0 Å². The largest absolute Gasteiger partial charge is 0.388 e. The van der Waals surface area contributed by atoms with E-state index in [-0.39, 0.29) is 6.10 Å². The Labute approximate surface area is 123 Å². The number of aliphatic hydroxyl groups is 1. The number of anilines is 1. The predicted octanol–water partition coefficient (Wildman–Crippen LogP) is 3.71. The molecule has 1 aliphatic rings. The molecule has 3 nitrogen and oxygen atoms in total. The van der Waals surface area contributed by atoms with Crippen LogP contribution in [0.3, 0.4) is 0 Å². The van der Waals surface area contributed by atoms with Gasteiger partial charge in [-0.25, -0.2) is 4.98 Å². The van der Waals surface area contributed by atoms with Crippen LogP contribution in [-0.4, -0.2) is 16.6 Å². The van der Waals surface area contributed by atoms with Gasteiger partial charge in [-0.1, -0.05) is 32.0 Å². The van der Waals surface area contributed by atoms with Crippen LogP contribution in [0.5, 0.6) is 0 Å². The summed E-state index contributed by atoms with van der Waals surface area (Å²) in [6, 6.07) is 8.13. The van der Waals surface area contributed by atoms with Crippen molar-refractivity contribution >= 4 is 17.0 Å². The fraction of sp³-hybridized carbons (Fsp3) is 0.438. The highest BCUT2D eigenvalue weighted by Gasteiger charge is 2.23. The molecule has 0 bridgehead atoms. The first-order chi connectivity index (χ1) is 9.65. The Balaban J connectivity index is 1.83. The summed E-state index contributed by atoms with van der Waals surface area (Å²) >= 11 is 1.74. The van der Waals surface area contributed by atoms with E-state index in [9.17, 15) is 5.11 Å². The zero-order chi connectivity index (χ0) is 14.1. The van der Waals surface area contributed by atoms with Gasteiger partial charge in [-0.3, -0.25) is 0 Å². The second-order valence-electron chi connectivity index (χ2n) is 5.62. The lowest BCUT2D eigenvalue weighted by Crippen LogP contribution is -2.30. The Bertz CT molecular complexity index is 594. The van der Waals surface area contributed by atoms with Crippen LogP contribution in [0, 0.1) is 0 Å². The van der Waals surface area contributed by atoms with Crippen LogP contribution in [-0.2, 0) is 6.54 Å². The maximum Gasteiger partial charge on any atom is 0.0954 e. The molecule has 0 saturated carbocycles. The SMILES string of the molecule is CC(C)c1nc(CN2CCC(O)c3ccccc32)cs1. The average molecular weight is 288 g/mol. The van der Waals surface area contributed by atoms with Crippen molar-refractivity contribution in [2.45, 2.75) is 38.8 Å². The minimum Gasteiger partial charge on any atom is -0.388 e. The molecular formula is C16H20N2OS. The molecule has 1 atom stereocenters. The molecule has 4 heteroatoms. The molecule has 1 unspecified atom stereocenters. The monoisotopic (exact) mass is 288 g/mol. The fourth-order valence-corrected chi connectivity index (χ4v) is 3.46. The average Bonchev–Trinajstić information content (AvgIpc) is 2.91. The Hall–Kier alpha value is -1.39. The summed E-state index contributed by atoms with van der Waals surface area (Å²) in [5.74, 6) is 0.490. The number of aromatic nitrogens is 1. The molecule has 0 spiro atoms. The summed E-state index contributed by atoms with van der Waals surface area (Å²) in [5, 5.41) is 13.4. The number of nitrogens with zero attached hydrogens (tertiary/aromatic N) is 2. The Morgan fingerprint density at radius 2 is 2.20 bits per heavy atom. The minimum absolute atomic E-state index is 0.330. The lowest BCUT2D eigenvalue weighted by atomic mass is 9.99. The quantitative estimate of drug-likeness (QED) is 0.935. The molecule has 1 N–H and O–H groups in total. The third kappa shape index (κ3) is 2.58. The topological polar surface area (TPSA) is 36.4 Å². The van der Waals surface area contributed by atoms with E-state index in [0.29, 0.717) is 5.92 Å². The molecule has 2 heterocycles. The zero-order valence-electron chi connectivity index (χ0n) is 11.9. The van der Waals surface area contributed by atoms with Crippen molar-refractivity contribution in [1.29, 1.82) is 0 Å². The zero-order valence-corrected chi connectivity index (χ0v) is 12.7. The van der Waals surface area contributed by atoms with Gasteiger partial charge in [-0.05, 0) is 12.5 Å². The van der Waals surface area contributed by atoms with E-state index in [1.807, 2.05) is 18.2 Å². The summed E-state index contributed by atoms with van der Waals surface area (Å²) in [7, 11) is 0. The molecule has 0 amide bonds. The Kier molecular flexibility index (Phi) is 3.76. The van der Waals surface area contributed by atoms with Gasteiger partial charge in [0.15, 0.2) is 0 Å². The maximum atomic E-state index is 10.1. The first-order valence-electron chi connectivity index (χ1n) is 7.11. The van der Waals surface area contributed by atoms with Gasteiger partial charge in [0, 0.05) is 29.1 Å². The van der Waals surface area contributed by atoms with Crippen molar-refractivity contribution in [3.8, 4) is 0 Å². The predicted molar refractivity (Wildman–Crippen MR) is 83.3 cm³/mol. The smallest absolute Gasteiger partial charge is 0.0954 e. The number of thiazole rings is 1. The van der Waals surface area contributed by atoms with Crippen molar-refractivity contribution in [1.82, 2.24) is 4.98 Å². The van der Waals surface area contributed by atoms with Gasteiger partial charge >= 0.3 is 0 Å². The Morgan fingerprint density at radius 1 is 1.40 bits per heavy atom. The molecule has 3 rings (SSSR count). The van der Waals surface area contributed by atoms with Crippen molar-refractivity contribution in [3.05, 3.63) is 45.9 Å². The first-order valence-corrected chi connectivity index (χ1v) is 7.99. The highest BCUT2D eigenvalue weighted by Crippen LogP contribution is 2.34. The third-order valence-corrected chi connectivity index (χ3v) is 4.92. The maximum absolute atomic E-state index is 10.1. The molecule has 106 valence electrons. The summed E-state index contributed by atoms with van der Waals surface area (Å²) < 4.78 is 0. The number of hydrogen-bond donors (Lipinski definition) is 1. The molecule has 0 radical (unpaired) electrons. The second kappa shape index (κ2) is 5.54. The highest BCUT2D eigenvalue weighted by atomic mass is 32.1. The second-order valence-corrected chi connectivity index (χ2v) is 6.51. The van der Waals surface area contributed by atoms with Gasteiger partial charge in [0.2, 0.25) is 0 Å². The van der Waals surface area contributed by atoms with Crippen LogP contribution < -0.4 is 4.90 Å². The molecule has 0 fully saturated rings. The van der Waals surface area contributed by atoms with Gasteiger partial charge in [0.1, 0.15) is 0 Å². The van der Waals surface area contributed by atoms with E-state index in [0.717, 1.165) is 36.5 Å². The van der Waals surface area contributed by atoms with Crippen LogP contribution >= 0.6 is 11.3 Å². The standard InChI is InChI=1S/C16H20N2OS/c1-11(2)16-17-12(10-20-16)9-18-8-7-15(19)13-5-3-4-6-14(13)18/h3-6,10-11,15,19H,7-9H2,1-2H3. The van der Waals surface area contributed by atoms with E-state index >= 15 is 0 Å². The van der Waals surface area contributed by atoms with Crippen LogP contribution in [0.15, 0.2) is 29.6 Å². The molecular weight excluding hydrogens is 268 g/mol. The molecule has 1 aliphatic heterocycles. The third-order valence-electron chi connectivity index (χ3n) is 3.73. The molecule has 2 aromatic rings. The first kappa shape index (κ1) is 13.6. The minimum atomic E-state index is -0.330. The fourth-order valence-electron chi connectivity index (χ4n) is 2.63. The normalized spacial score (nSPS) is 18.4. The lowest BCUT2D eigenvalue weighted by molar-refractivity contribution is 0.164. The number of aliphatic hydroxyl groups excluding tert-OH is 1. The number of fused-ring (bicyclic) bond motifs is 1. The number of para-hydroxylation sites is 1. The number of benzene rings is 1. The summed E-state index contributed by atoms with van der Waals surface area (Å²) in [6.45, 7) is 6.06. The summed E-state index contributed by atoms with van der Waals surface area (Å²) in [5.41, 5.74) is 3.31. The number of hydrogen-bond acceptors (Lipinski definition) is 4. The molecule has 1 aromatic carbocycles. The molecule has 20 heavy (non-hydrogen) atoms. The van der Waals surface area contributed by atoms with Gasteiger partial charge in [0.05, 0.1) is 23.4 Å².